The van der Waals surface area contributed by atoms with E-state index in [0.29, 0.717) is 0 Å². The molecule has 0 saturated heterocycles. The molecule has 2 aromatic rings. The number of nitrogens with zero attached hydrogens (tertiary/aromatic N) is 1. The average molecular weight is 562 g/mol. The number of carbonyl (C=O) groups is 2. The summed E-state index contributed by atoms with van der Waals surface area (Å²) in [6.07, 6.45) is -9.58. The zero-order chi connectivity index (χ0) is 26.3. The molecule has 188 valence electrons. The van der Waals surface area contributed by atoms with Crippen molar-refractivity contribution in [3.8, 4) is 11.5 Å². The van der Waals surface area contributed by atoms with Crippen molar-refractivity contribution in [2.24, 2.45) is 0 Å². The van der Waals surface area contributed by atoms with Gasteiger partial charge < -0.3 is 19.7 Å². The molecule has 2 rings (SSSR count). The number of hydrogen-bond acceptors (Lipinski definition) is 5. The van der Waals surface area contributed by atoms with Crippen molar-refractivity contribution < 1.29 is 55.6 Å². The third-order valence-corrected chi connectivity index (χ3v) is 4.68. The number of carboxylic acids is 2. The monoisotopic (exact) mass is 561 g/mol. The molecule has 7 nitrogen and oxygen atoms in total. The highest BCUT2D eigenvalue weighted by atomic mass is 79.9. The van der Waals surface area contributed by atoms with Crippen LogP contribution in [0.2, 0.25) is 0 Å². The smallest absolute Gasteiger partial charge is 0.480 e. The van der Waals surface area contributed by atoms with Crippen molar-refractivity contribution in [1.29, 1.82) is 0 Å². The van der Waals surface area contributed by atoms with Crippen molar-refractivity contribution in [1.82, 2.24) is 4.90 Å². The molecule has 0 heterocycles. The second-order valence-electron chi connectivity index (χ2n) is 6.65. The molecule has 2 atom stereocenters. The van der Waals surface area contributed by atoms with Gasteiger partial charge >= 0.3 is 24.7 Å². The summed E-state index contributed by atoms with van der Waals surface area (Å²) in [4.78, 5) is 21.9. The SMILES string of the molecule is CN(C)C(C(=O)O)c1cccc(OC(F)(F)F)c1.O=C(O)C(Br)c1cccc(OC(F)(F)F)c1. The summed E-state index contributed by atoms with van der Waals surface area (Å²) in [5, 5.41) is 17.7. The molecule has 2 aromatic carbocycles. The first-order chi connectivity index (χ1) is 15.5. The highest BCUT2D eigenvalue weighted by molar-refractivity contribution is 9.09. The zero-order valence-corrected chi connectivity index (χ0v) is 19.0. The fourth-order valence-electron chi connectivity index (χ4n) is 2.56. The van der Waals surface area contributed by atoms with Gasteiger partial charge in [-0.2, -0.15) is 0 Å². The number of carboxylic acid groups (broad SMARTS) is 2. The Morgan fingerprint density at radius 2 is 1.24 bits per heavy atom. The highest BCUT2D eigenvalue weighted by Gasteiger charge is 2.32. The lowest BCUT2D eigenvalue weighted by atomic mass is 10.1. The second kappa shape index (κ2) is 11.9. The molecule has 14 heteroatoms. The molecule has 0 radical (unpaired) electrons. The molecule has 2 N–H and O–H groups in total. The van der Waals surface area contributed by atoms with E-state index in [1.165, 1.54) is 43.3 Å². The number of aliphatic carboxylic acids is 2. The van der Waals surface area contributed by atoms with Crippen LogP contribution in [0, 0.1) is 0 Å². The molecular formula is C20H18BrF6NO6. The topological polar surface area (TPSA) is 96.3 Å². The van der Waals surface area contributed by atoms with E-state index in [9.17, 15) is 35.9 Å². The van der Waals surface area contributed by atoms with Crippen LogP contribution in [0.15, 0.2) is 48.5 Å². The number of ether oxygens (including phenoxy) is 2. The molecular weight excluding hydrogens is 544 g/mol. The molecule has 2 unspecified atom stereocenters. The Hall–Kier alpha value is -3.00. The van der Waals surface area contributed by atoms with E-state index in [1.54, 1.807) is 0 Å². The quantitative estimate of drug-likeness (QED) is 0.346. The number of alkyl halides is 7. The van der Waals surface area contributed by atoms with Gasteiger partial charge in [-0.15, -0.1) is 26.3 Å². The lowest BCUT2D eigenvalue weighted by Crippen LogP contribution is -2.27. The van der Waals surface area contributed by atoms with Crippen LogP contribution in [0.1, 0.15) is 22.0 Å². The van der Waals surface area contributed by atoms with E-state index in [0.717, 1.165) is 24.3 Å². The summed E-state index contributed by atoms with van der Waals surface area (Å²) in [6, 6.07) is 8.68. The standard InChI is InChI=1S/C11H12F3NO3.C9H6BrF3O3/c1-15(2)9(10(16)17)7-4-3-5-8(6-7)18-11(12,13)14;10-7(8(14)15)5-2-1-3-6(4-5)16-9(11,12)13/h3-6,9H,1-2H3,(H,16,17);1-4,7H,(H,14,15). The maximum Gasteiger partial charge on any atom is 0.573 e. The average Bonchev–Trinajstić information content (AvgIpc) is 2.65. The molecule has 0 fully saturated rings. The van der Waals surface area contributed by atoms with Gasteiger partial charge in [0.2, 0.25) is 0 Å². The minimum Gasteiger partial charge on any atom is -0.480 e. The number of likely N-dealkylation sites (N-methyl/N-ethyl adjacent to an activating group) is 1. The first-order valence-corrected chi connectivity index (χ1v) is 9.89. The van der Waals surface area contributed by atoms with E-state index in [1.807, 2.05) is 0 Å². The van der Waals surface area contributed by atoms with Gasteiger partial charge in [0.1, 0.15) is 22.4 Å². The first kappa shape index (κ1) is 29.0. The number of rotatable bonds is 7. The Morgan fingerprint density at radius 1 is 0.824 bits per heavy atom. The maximum atomic E-state index is 12.0. The van der Waals surface area contributed by atoms with E-state index in [4.69, 9.17) is 10.2 Å². The minimum absolute atomic E-state index is 0.175. The second-order valence-corrected chi connectivity index (χ2v) is 7.56. The van der Waals surface area contributed by atoms with Gasteiger partial charge in [0.05, 0.1) is 0 Å². The van der Waals surface area contributed by atoms with E-state index < -0.39 is 47.0 Å². The van der Waals surface area contributed by atoms with Crippen molar-refractivity contribution >= 4 is 27.9 Å². The van der Waals surface area contributed by atoms with Gasteiger partial charge in [0, 0.05) is 0 Å². The predicted molar refractivity (Wildman–Crippen MR) is 110 cm³/mol. The molecule has 0 aliphatic rings. The molecule has 0 amide bonds. The van der Waals surface area contributed by atoms with Crippen molar-refractivity contribution in [2.75, 3.05) is 14.1 Å². The van der Waals surface area contributed by atoms with Crippen LogP contribution in [0.3, 0.4) is 0 Å². The van der Waals surface area contributed by atoms with E-state index in [-0.39, 0.29) is 11.1 Å². The summed E-state index contributed by atoms with van der Waals surface area (Å²) >= 11 is 2.83. The van der Waals surface area contributed by atoms with Gasteiger partial charge in [-0.25, -0.2) is 0 Å². The fourth-order valence-corrected chi connectivity index (χ4v) is 2.84. The molecule has 0 saturated carbocycles. The third-order valence-electron chi connectivity index (χ3n) is 3.76. The Morgan fingerprint density at radius 3 is 1.59 bits per heavy atom. The Balaban J connectivity index is 0.000000342. The molecule has 0 aromatic heterocycles. The molecule has 0 bridgehead atoms. The van der Waals surface area contributed by atoms with Gasteiger partial charge in [0.25, 0.3) is 0 Å². The van der Waals surface area contributed by atoms with Gasteiger partial charge in [0.15, 0.2) is 0 Å². The summed E-state index contributed by atoms with van der Waals surface area (Å²) < 4.78 is 79.2. The van der Waals surface area contributed by atoms with Gasteiger partial charge in [-0.05, 0) is 49.5 Å². The normalized spacial score (nSPS) is 13.4. The molecule has 0 aliphatic heterocycles. The van der Waals surface area contributed by atoms with Gasteiger partial charge in [-0.3, -0.25) is 14.5 Å². The number of hydrogen-bond donors (Lipinski definition) is 2. The minimum atomic E-state index is -4.80. The predicted octanol–water partition coefficient (Wildman–Crippen LogP) is 5.38. The third kappa shape index (κ3) is 10.3. The van der Waals surface area contributed by atoms with Crippen LogP contribution >= 0.6 is 15.9 Å². The fraction of sp³-hybridized carbons (Fsp3) is 0.300. The van der Waals surface area contributed by atoms with Crippen LogP contribution in [0.5, 0.6) is 11.5 Å². The molecule has 0 aliphatic carbocycles. The molecule has 34 heavy (non-hydrogen) atoms. The largest absolute Gasteiger partial charge is 0.573 e. The van der Waals surface area contributed by atoms with Gasteiger partial charge in [-0.1, -0.05) is 40.2 Å². The van der Waals surface area contributed by atoms with Crippen molar-refractivity contribution in [2.45, 2.75) is 23.6 Å². The lowest BCUT2D eigenvalue weighted by molar-refractivity contribution is -0.275. The lowest BCUT2D eigenvalue weighted by Gasteiger charge is -2.21. The zero-order valence-electron chi connectivity index (χ0n) is 17.4. The van der Waals surface area contributed by atoms with Crippen LogP contribution in [-0.4, -0.2) is 53.9 Å². The van der Waals surface area contributed by atoms with E-state index in [2.05, 4.69) is 25.4 Å². The summed E-state index contributed by atoms with van der Waals surface area (Å²) in [5.41, 5.74) is 0.392. The Bertz CT molecular complexity index is 983. The first-order valence-electron chi connectivity index (χ1n) is 8.97. The van der Waals surface area contributed by atoms with Crippen LogP contribution in [0.4, 0.5) is 26.3 Å². The molecule has 0 spiro atoms. The summed E-state index contributed by atoms with van der Waals surface area (Å²) in [7, 11) is 3.05. The van der Waals surface area contributed by atoms with E-state index >= 15 is 0 Å². The summed E-state index contributed by atoms with van der Waals surface area (Å²) in [5.74, 6) is -3.22. The highest BCUT2D eigenvalue weighted by Crippen LogP contribution is 2.29. The van der Waals surface area contributed by atoms with Crippen LogP contribution < -0.4 is 9.47 Å². The Labute approximate surface area is 197 Å². The van der Waals surface area contributed by atoms with Crippen LogP contribution in [0.25, 0.3) is 0 Å². The number of benzene rings is 2. The van der Waals surface area contributed by atoms with Crippen molar-refractivity contribution in [3.05, 3.63) is 59.7 Å². The Kier molecular flexibility index (Phi) is 10.2. The maximum absolute atomic E-state index is 12.0. The van der Waals surface area contributed by atoms with Crippen molar-refractivity contribution in [3.63, 3.8) is 0 Å². The summed E-state index contributed by atoms with van der Waals surface area (Å²) in [6.45, 7) is 0. The number of halogens is 7. The van der Waals surface area contributed by atoms with Crippen LogP contribution in [-0.2, 0) is 9.59 Å².